The van der Waals surface area contributed by atoms with Gasteiger partial charge in [-0.1, -0.05) is 19.1 Å². The summed E-state index contributed by atoms with van der Waals surface area (Å²) in [5.41, 5.74) is 5.13. The third-order valence-corrected chi connectivity index (χ3v) is 2.55. The summed E-state index contributed by atoms with van der Waals surface area (Å²) in [7, 11) is 0. The molecule has 0 bridgehead atoms. The molecule has 0 saturated heterocycles. The number of amides is 1. The Bertz CT molecular complexity index is 401. The summed E-state index contributed by atoms with van der Waals surface area (Å²) in [6.45, 7) is 2.48. The number of alkyl halides is 3. The van der Waals surface area contributed by atoms with Crippen molar-refractivity contribution in [3.05, 3.63) is 35.4 Å². The Morgan fingerprint density at radius 2 is 1.89 bits per heavy atom. The van der Waals surface area contributed by atoms with E-state index in [0.29, 0.717) is 13.1 Å². The van der Waals surface area contributed by atoms with Crippen LogP contribution < -0.4 is 11.1 Å². The number of rotatable bonds is 5. The third-order valence-electron chi connectivity index (χ3n) is 2.55. The van der Waals surface area contributed by atoms with Crippen molar-refractivity contribution in [3.63, 3.8) is 0 Å². The molecule has 0 aromatic heterocycles. The Kier molecular flexibility index (Phi) is 4.72. The molecule has 0 saturated carbocycles. The molecule has 18 heavy (non-hydrogen) atoms. The van der Waals surface area contributed by atoms with Crippen molar-refractivity contribution in [3.8, 4) is 0 Å². The van der Waals surface area contributed by atoms with Gasteiger partial charge in [0.05, 0.1) is 5.56 Å². The quantitative estimate of drug-likeness (QED) is 0.849. The minimum Gasteiger partial charge on any atom is -0.369 e. The van der Waals surface area contributed by atoms with Gasteiger partial charge in [-0.25, -0.2) is 0 Å². The van der Waals surface area contributed by atoms with Gasteiger partial charge in [-0.3, -0.25) is 4.79 Å². The van der Waals surface area contributed by atoms with E-state index >= 15 is 0 Å². The van der Waals surface area contributed by atoms with E-state index in [9.17, 15) is 18.0 Å². The fraction of sp³-hybridized carbons (Fsp3) is 0.417. The Balaban J connectivity index is 2.47. The van der Waals surface area contributed by atoms with Gasteiger partial charge < -0.3 is 11.1 Å². The van der Waals surface area contributed by atoms with Gasteiger partial charge in [-0.05, 0) is 17.7 Å². The first-order chi connectivity index (χ1) is 8.30. The second-order valence-corrected chi connectivity index (χ2v) is 4.13. The molecule has 0 fully saturated rings. The first-order valence-electron chi connectivity index (χ1n) is 5.47. The van der Waals surface area contributed by atoms with Crippen LogP contribution in [0.5, 0.6) is 0 Å². The largest absolute Gasteiger partial charge is 0.416 e. The smallest absolute Gasteiger partial charge is 0.369 e. The Labute approximate surface area is 103 Å². The van der Waals surface area contributed by atoms with Crippen LogP contribution in [-0.2, 0) is 17.5 Å². The van der Waals surface area contributed by atoms with Gasteiger partial charge in [0.1, 0.15) is 0 Å². The zero-order valence-corrected chi connectivity index (χ0v) is 9.92. The molecular formula is C12H15F3N2O. The molecule has 1 atom stereocenters. The Hall–Kier alpha value is -1.56. The van der Waals surface area contributed by atoms with E-state index < -0.39 is 17.6 Å². The fourth-order valence-corrected chi connectivity index (χ4v) is 1.35. The summed E-state index contributed by atoms with van der Waals surface area (Å²) in [6, 6.07) is 4.89. The average molecular weight is 260 g/mol. The molecule has 0 spiro atoms. The van der Waals surface area contributed by atoms with Crippen molar-refractivity contribution < 1.29 is 18.0 Å². The molecule has 0 heterocycles. The van der Waals surface area contributed by atoms with Crippen LogP contribution in [0.3, 0.4) is 0 Å². The van der Waals surface area contributed by atoms with Gasteiger partial charge in [-0.2, -0.15) is 13.2 Å². The zero-order chi connectivity index (χ0) is 13.8. The van der Waals surface area contributed by atoms with Crippen molar-refractivity contribution in [1.29, 1.82) is 0 Å². The summed E-state index contributed by atoms with van der Waals surface area (Å²) in [6.07, 6.45) is -4.31. The predicted molar refractivity (Wildman–Crippen MR) is 61.5 cm³/mol. The molecule has 6 heteroatoms. The number of nitrogens with two attached hydrogens (primary N) is 1. The van der Waals surface area contributed by atoms with Crippen LogP contribution in [0.2, 0.25) is 0 Å². The molecule has 1 rings (SSSR count). The lowest BCUT2D eigenvalue weighted by Gasteiger charge is -2.10. The molecule has 1 amide bonds. The SMILES string of the molecule is CC(CNCc1ccc(C(F)(F)F)cc1)C(N)=O. The van der Waals surface area contributed by atoms with Crippen LogP contribution in [0.25, 0.3) is 0 Å². The Morgan fingerprint density at radius 1 is 1.33 bits per heavy atom. The molecule has 1 aromatic rings. The lowest BCUT2D eigenvalue weighted by atomic mass is 10.1. The lowest BCUT2D eigenvalue weighted by molar-refractivity contribution is -0.137. The van der Waals surface area contributed by atoms with E-state index in [-0.39, 0.29) is 5.92 Å². The molecule has 1 unspecified atom stereocenters. The first kappa shape index (κ1) is 14.5. The van der Waals surface area contributed by atoms with Crippen LogP contribution in [-0.4, -0.2) is 12.5 Å². The predicted octanol–water partition coefficient (Wildman–Crippen LogP) is 1.92. The molecule has 3 N–H and O–H groups in total. The van der Waals surface area contributed by atoms with Gasteiger partial charge in [0.15, 0.2) is 0 Å². The van der Waals surface area contributed by atoms with Crippen LogP contribution in [0, 0.1) is 5.92 Å². The van der Waals surface area contributed by atoms with Crippen molar-refractivity contribution in [2.75, 3.05) is 6.54 Å². The van der Waals surface area contributed by atoms with E-state index in [1.807, 2.05) is 0 Å². The minimum atomic E-state index is -4.31. The normalized spacial score (nSPS) is 13.3. The lowest BCUT2D eigenvalue weighted by Crippen LogP contribution is -2.30. The van der Waals surface area contributed by atoms with Gasteiger partial charge in [0.2, 0.25) is 5.91 Å². The van der Waals surface area contributed by atoms with Crippen LogP contribution in [0.4, 0.5) is 13.2 Å². The standard InChI is InChI=1S/C12H15F3N2O/c1-8(11(16)18)6-17-7-9-2-4-10(5-3-9)12(13,14)15/h2-5,8,17H,6-7H2,1H3,(H2,16,18). The monoisotopic (exact) mass is 260 g/mol. The molecule has 100 valence electrons. The number of primary amides is 1. The summed E-state index contributed by atoms with van der Waals surface area (Å²) in [4.78, 5) is 10.8. The number of carbonyl (C=O) groups is 1. The number of nitrogens with one attached hydrogen (secondary N) is 1. The van der Waals surface area contributed by atoms with Gasteiger partial charge in [0, 0.05) is 19.0 Å². The summed E-state index contributed by atoms with van der Waals surface area (Å²) < 4.78 is 36.9. The van der Waals surface area contributed by atoms with Crippen LogP contribution in [0.15, 0.2) is 24.3 Å². The number of benzene rings is 1. The summed E-state index contributed by atoms with van der Waals surface area (Å²) in [5, 5.41) is 2.96. The highest BCUT2D eigenvalue weighted by molar-refractivity contribution is 5.76. The van der Waals surface area contributed by atoms with Crippen LogP contribution >= 0.6 is 0 Å². The van der Waals surface area contributed by atoms with Crippen molar-refractivity contribution >= 4 is 5.91 Å². The number of hydrogen-bond acceptors (Lipinski definition) is 2. The van der Waals surface area contributed by atoms with E-state index in [0.717, 1.165) is 17.7 Å². The molecule has 0 radical (unpaired) electrons. The average Bonchev–Trinajstić information content (AvgIpc) is 2.28. The van der Waals surface area contributed by atoms with E-state index in [1.54, 1.807) is 6.92 Å². The van der Waals surface area contributed by atoms with Gasteiger partial charge >= 0.3 is 6.18 Å². The van der Waals surface area contributed by atoms with Crippen LogP contribution in [0.1, 0.15) is 18.1 Å². The second-order valence-electron chi connectivity index (χ2n) is 4.13. The summed E-state index contributed by atoms with van der Waals surface area (Å²) in [5.74, 6) is -0.714. The molecule has 1 aromatic carbocycles. The third kappa shape index (κ3) is 4.37. The van der Waals surface area contributed by atoms with Crippen molar-refractivity contribution in [1.82, 2.24) is 5.32 Å². The molecule has 0 aliphatic carbocycles. The minimum absolute atomic E-state index is 0.306. The summed E-state index contributed by atoms with van der Waals surface area (Å²) >= 11 is 0. The first-order valence-corrected chi connectivity index (χ1v) is 5.47. The van der Waals surface area contributed by atoms with Crippen molar-refractivity contribution in [2.24, 2.45) is 11.7 Å². The van der Waals surface area contributed by atoms with Gasteiger partial charge in [0.25, 0.3) is 0 Å². The van der Waals surface area contributed by atoms with Crippen molar-refractivity contribution in [2.45, 2.75) is 19.6 Å². The number of hydrogen-bond donors (Lipinski definition) is 2. The van der Waals surface area contributed by atoms with E-state index in [1.165, 1.54) is 12.1 Å². The molecular weight excluding hydrogens is 245 g/mol. The van der Waals surface area contributed by atoms with E-state index in [4.69, 9.17) is 5.73 Å². The number of halogens is 3. The zero-order valence-electron chi connectivity index (χ0n) is 9.92. The highest BCUT2D eigenvalue weighted by Gasteiger charge is 2.29. The highest BCUT2D eigenvalue weighted by atomic mass is 19.4. The molecule has 0 aliphatic heterocycles. The maximum Gasteiger partial charge on any atom is 0.416 e. The maximum atomic E-state index is 12.3. The molecule has 3 nitrogen and oxygen atoms in total. The molecule has 0 aliphatic rings. The van der Waals surface area contributed by atoms with E-state index in [2.05, 4.69) is 5.32 Å². The van der Waals surface area contributed by atoms with Gasteiger partial charge in [-0.15, -0.1) is 0 Å². The Morgan fingerprint density at radius 3 is 2.33 bits per heavy atom. The number of carbonyl (C=O) groups excluding carboxylic acids is 1. The maximum absolute atomic E-state index is 12.3. The second kappa shape index (κ2) is 5.86. The highest BCUT2D eigenvalue weighted by Crippen LogP contribution is 2.28. The fourth-order valence-electron chi connectivity index (χ4n) is 1.35. The topological polar surface area (TPSA) is 55.1 Å².